The second-order valence-electron chi connectivity index (χ2n) is 6.68. The Morgan fingerprint density at radius 2 is 1.81 bits per heavy atom. The first-order chi connectivity index (χ1) is 12.6. The minimum absolute atomic E-state index is 0.0185. The van der Waals surface area contributed by atoms with Crippen LogP contribution in [0, 0.1) is 5.92 Å². The van der Waals surface area contributed by atoms with Crippen LogP contribution in [-0.4, -0.2) is 31.1 Å². The van der Waals surface area contributed by atoms with Crippen molar-refractivity contribution in [3.63, 3.8) is 0 Å². The summed E-state index contributed by atoms with van der Waals surface area (Å²) >= 11 is 1.40. The van der Waals surface area contributed by atoms with Gasteiger partial charge in [0.25, 0.3) is 0 Å². The highest BCUT2D eigenvalue weighted by molar-refractivity contribution is 7.17. The molecule has 0 aliphatic heterocycles. The fraction of sp³-hybridized carbons (Fsp3) is 0.632. The Kier molecular flexibility index (Phi) is 5.96. The van der Waals surface area contributed by atoms with Gasteiger partial charge in [-0.15, -0.1) is 11.3 Å². The Hall–Kier alpha value is -1.89. The Morgan fingerprint density at radius 1 is 1.08 bits per heavy atom. The van der Waals surface area contributed by atoms with Gasteiger partial charge in [0, 0.05) is 10.8 Å². The topological polar surface area (TPSA) is 81.7 Å². The molecular formula is C19H25NO5S. The van der Waals surface area contributed by atoms with Crippen LogP contribution in [0.25, 0.3) is 0 Å². The highest BCUT2D eigenvalue weighted by Gasteiger charge is 2.37. The number of nitrogens with one attached hydrogen (secondary N) is 1. The van der Waals surface area contributed by atoms with Gasteiger partial charge in [-0.25, -0.2) is 4.79 Å². The molecule has 142 valence electrons. The summed E-state index contributed by atoms with van der Waals surface area (Å²) in [4.78, 5) is 38.5. The number of amides is 1. The molecule has 6 nitrogen and oxygen atoms in total. The largest absolute Gasteiger partial charge is 0.466 e. The summed E-state index contributed by atoms with van der Waals surface area (Å²) in [6, 6.07) is 0. The van der Waals surface area contributed by atoms with Crippen LogP contribution in [0.3, 0.4) is 0 Å². The average Bonchev–Trinajstić information content (AvgIpc) is 2.91. The Balaban J connectivity index is 1.97. The molecule has 1 atom stereocenters. The monoisotopic (exact) mass is 379 g/mol. The van der Waals surface area contributed by atoms with Crippen molar-refractivity contribution in [1.29, 1.82) is 0 Å². The number of ether oxygens (including phenoxy) is 2. The molecule has 0 radical (unpaired) electrons. The van der Waals surface area contributed by atoms with E-state index >= 15 is 0 Å². The van der Waals surface area contributed by atoms with Gasteiger partial charge >= 0.3 is 11.9 Å². The van der Waals surface area contributed by atoms with E-state index in [0.717, 1.165) is 37.0 Å². The predicted molar refractivity (Wildman–Crippen MR) is 98.6 cm³/mol. The number of thiophene rings is 1. The van der Waals surface area contributed by atoms with Crippen molar-refractivity contribution in [2.75, 3.05) is 18.5 Å². The van der Waals surface area contributed by atoms with Crippen molar-refractivity contribution in [3.8, 4) is 0 Å². The van der Waals surface area contributed by atoms with Crippen LogP contribution in [0.15, 0.2) is 0 Å². The molecule has 1 aromatic rings. The Labute approximate surface area is 157 Å². The summed E-state index contributed by atoms with van der Waals surface area (Å²) in [5.41, 5.74) is 1.04. The molecule has 3 rings (SSSR count). The van der Waals surface area contributed by atoms with Gasteiger partial charge in [0.2, 0.25) is 5.91 Å². The lowest BCUT2D eigenvalue weighted by molar-refractivity contribution is -0.145. The maximum Gasteiger partial charge on any atom is 0.341 e. The number of hydrogen-bond acceptors (Lipinski definition) is 6. The van der Waals surface area contributed by atoms with Crippen LogP contribution >= 0.6 is 11.3 Å². The van der Waals surface area contributed by atoms with Gasteiger partial charge in [-0.2, -0.15) is 0 Å². The van der Waals surface area contributed by atoms with E-state index in [4.69, 9.17) is 9.47 Å². The number of fused-ring (bicyclic) bond motifs is 1. The lowest BCUT2D eigenvalue weighted by Gasteiger charge is -2.24. The average molecular weight is 379 g/mol. The molecule has 0 aromatic carbocycles. The molecule has 0 bridgehead atoms. The first-order valence-corrected chi connectivity index (χ1v) is 10.2. The van der Waals surface area contributed by atoms with E-state index in [0.29, 0.717) is 29.2 Å². The molecule has 1 unspecified atom stereocenters. The Bertz CT molecular complexity index is 707. The van der Waals surface area contributed by atoms with E-state index in [9.17, 15) is 14.4 Å². The molecular weight excluding hydrogens is 354 g/mol. The van der Waals surface area contributed by atoms with Gasteiger partial charge in [-0.1, -0.05) is 6.42 Å². The molecule has 1 aromatic heterocycles. The standard InChI is InChI=1S/C19H25NO5S/c1-3-24-18(22)12-9-6-10-13-14(12)15(19(23)25-4-2)17(26-13)20-16(21)11-7-5-8-11/h11-12H,3-10H2,1-2H3,(H,20,21). The Morgan fingerprint density at radius 3 is 2.42 bits per heavy atom. The molecule has 0 saturated heterocycles. The number of hydrogen-bond donors (Lipinski definition) is 1. The number of esters is 2. The molecule has 26 heavy (non-hydrogen) atoms. The molecule has 1 fully saturated rings. The highest BCUT2D eigenvalue weighted by atomic mass is 32.1. The molecule has 1 amide bonds. The lowest BCUT2D eigenvalue weighted by atomic mass is 9.84. The van der Waals surface area contributed by atoms with Crippen LogP contribution in [0.5, 0.6) is 0 Å². The fourth-order valence-corrected chi connectivity index (χ4v) is 4.81. The maximum atomic E-state index is 12.6. The van der Waals surface area contributed by atoms with Crippen LogP contribution in [-0.2, 0) is 25.5 Å². The minimum Gasteiger partial charge on any atom is -0.466 e. The predicted octanol–water partition coefficient (Wildman–Crippen LogP) is 3.65. The number of carbonyl (C=O) groups is 3. The highest BCUT2D eigenvalue weighted by Crippen LogP contribution is 2.45. The van der Waals surface area contributed by atoms with Crippen LogP contribution in [0.2, 0.25) is 0 Å². The van der Waals surface area contributed by atoms with E-state index in [-0.39, 0.29) is 24.4 Å². The summed E-state index contributed by atoms with van der Waals surface area (Å²) in [6.07, 6.45) is 5.13. The van der Waals surface area contributed by atoms with E-state index in [2.05, 4.69) is 5.32 Å². The van der Waals surface area contributed by atoms with E-state index < -0.39 is 11.9 Å². The third-order valence-electron chi connectivity index (χ3n) is 5.03. The quantitative estimate of drug-likeness (QED) is 0.763. The van der Waals surface area contributed by atoms with Crippen LogP contribution in [0.4, 0.5) is 5.00 Å². The van der Waals surface area contributed by atoms with Crippen LogP contribution < -0.4 is 5.32 Å². The zero-order valence-corrected chi connectivity index (χ0v) is 16.1. The van der Waals surface area contributed by atoms with Crippen molar-refractivity contribution in [2.24, 2.45) is 5.92 Å². The van der Waals surface area contributed by atoms with Gasteiger partial charge in [-0.05, 0) is 51.5 Å². The molecule has 0 spiro atoms. The third-order valence-corrected chi connectivity index (χ3v) is 6.21. The van der Waals surface area contributed by atoms with E-state index in [1.165, 1.54) is 11.3 Å². The third kappa shape index (κ3) is 3.63. The number of rotatable bonds is 6. The zero-order chi connectivity index (χ0) is 18.7. The summed E-state index contributed by atoms with van der Waals surface area (Å²) < 4.78 is 10.4. The van der Waals surface area contributed by atoms with E-state index in [1.807, 2.05) is 0 Å². The summed E-state index contributed by atoms with van der Waals surface area (Å²) in [6.45, 7) is 4.05. The number of aryl methyl sites for hydroxylation is 1. The minimum atomic E-state index is -0.481. The van der Waals surface area contributed by atoms with Crippen LogP contribution in [0.1, 0.15) is 72.7 Å². The lowest BCUT2D eigenvalue weighted by Crippen LogP contribution is -2.28. The second kappa shape index (κ2) is 8.20. The molecule has 1 N–H and O–H groups in total. The van der Waals surface area contributed by atoms with Gasteiger partial charge in [0.1, 0.15) is 5.00 Å². The second-order valence-corrected chi connectivity index (χ2v) is 7.78. The molecule has 7 heteroatoms. The maximum absolute atomic E-state index is 12.6. The molecule has 1 heterocycles. The van der Waals surface area contributed by atoms with Crippen molar-refractivity contribution in [3.05, 3.63) is 16.0 Å². The van der Waals surface area contributed by atoms with Crippen molar-refractivity contribution in [1.82, 2.24) is 0 Å². The normalized spacial score (nSPS) is 19.2. The van der Waals surface area contributed by atoms with Crippen molar-refractivity contribution in [2.45, 2.75) is 58.3 Å². The van der Waals surface area contributed by atoms with Gasteiger partial charge in [0.15, 0.2) is 0 Å². The molecule has 2 aliphatic rings. The summed E-state index contributed by atoms with van der Waals surface area (Å²) in [7, 11) is 0. The molecule has 2 aliphatic carbocycles. The van der Waals surface area contributed by atoms with Gasteiger partial charge < -0.3 is 14.8 Å². The van der Waals surface area contributed by atoms with E-state index in [1.54, 1.807) is 13.8 Å². The van der Waals surface area contributed by atoms with Gasteiger partial charge in [-0.3, -0.25) is 9.59 Å². The molecule has 1 saturated carbocycles. The first kappa shape index (κ1) is 18.9. The number of anilines is 1. The van der Waals surface area contributed by atoms with Crippen molar-refractivity contribution >= 4 is 34.2 Å². The SMILES string of the molecule is CCOC(=O)c1c(NC(=O)C2CCC2)sc2c1C(C(=O)OCC)CCC2. The first-order valence-electron chi connectivity index (χ1n) is 9.36. The van der Waals surface area contributed by atoms with Crippen molar-refractivity contribution < 1.29 is 23.9 Å². The smallest absolute Gasteiger partial charge is 0.341 e. The zero-order valence-electron chi connectivity index (χ0n) is 15.3. The summed E-state index contributed by atoms with van der Waals surface area (Å²) in [5, 5.41) is 3.44. The fourth-order valence-electron chi connectivity index (χ4n) is 3.51. The summed E-state index contributed by atoms with van der Waals surface area (Å²) in [5.74, 6) is -1.29. The van der Waals surface area contributed by atoms with Gasteiger partial charge in [0.05, 0.1) is 24.7 Å². The number of carbonyl (C=O) groups excluding carboxylic acids is 3.